The average Bonchev–Trinajstić information content (AvgIpc) is 3.74. The van der Waals surface area contributed by atoms with Crippen molar-refractivity contribution in [1.29, 1.82) is 0 Å². The van der Waals surface area contributed by atoms with Crippen LogP contribution in [0.25, 0.3) is 0 Å². The van der Waals surface area contributed by atoms with Gasteiger partial charge < -0.3 is 23.8 Å². The molecule has 3 atom stereocenters. The number of nitrogens with one attached hydrogen (secondary N) is 1. The highest BCUT2D eigenvalue weighted by atomic mass is 35.5. The molecule has 0 spiro atoms. The molecule has 0 saturated carbocycles. The summed E-state index contributed by atoms with van der Waals surface area (Å²) >= 11 is 14.2. The van der Waals surface area contributed by atoms with Crippen LogP contribution in [-0.4, -0.2) is 62.8 Å². The molecule has 0 aliphatic carbocycles. The second-order valence-electron chi connectivity index (χ2n) is 11.3. The molecule has 1 saturated heterocycles. The SMILES string of the molecule is COc1ccc([C@H](Cc2c(Cl)cncc2Cl)OC(=O)c2ccc(CNC(C(=O)OC[C@@H]3CCN(C)C3)c3ccccc3)s2)cc1OC. The van der Waals surface area contributed by atoms with E-state index in [9.17, 15) is 9.59 Å². The van der Waals surface area contributed by atoms with Gasteiger partial charge in [0, 0.05) is 42.7 Å². The van der Waals surface area contributed by atoms with Crippen LogP contribution < -0.4 is 14.8 Å². The van der Waals surface area contributed by atoms with Crippen LogP contribution in [0.3, 0.4) is 0 Å². The summed E-state index contributed by atoms with van der Waals surface area (Å²) in [6.45, 7) is 2.66. The summed E-state index contributed by atoms with van der Waals surface area (Å²) in [4.78, 5) is 34.3. The van der Waals surface area contributed by atoms with Gasteiger partial charge in [0.1, 0.15) is 17.0 Å². The Kier molecular flexibility index (Phi) is 12.1. The molecule has 248 valence electrons. The lowest BCUT2D eigenvalue weighted by Crippen LogP contribution is -2.31. The fourth-order valence-electron chi connectivity index (χ4n) is 5.50. The van der Waals surface area contributed by atoms with E-state index in [-0.39, 0.29) is 12.4 Å². The molecular formula is C35H37Cl2N3O6S. The highest BCUT2D eigenvalue weighted by molar-refractivity contribution is 7.13. The number of likely N-dealkylation sites (tertiary alicyclic amines) is 1. The zero-order valence-corrected chi connectivity index (χ0v) is 28.7. The fraction of sp³-hybridized carbons (Fsp3) is 0.343. The van der Waals surface area contributed by atoms with Crippen molar-refractivity contribution in [1.82, 2.24) is 15.2 Å². The van der Waals surface area contributed by atoms with Gasteiger partial charge in [-0.1, -0.05) is 59.6 Å². The summed E-state index contributed by atoms with van der Waals surface area (Å²) in [5, 5.41) is 4.07. The van der Waals surface area contributed by atoms with Gasteiger partial charge in [-0.05, 0) is 61.0 Å². The number of hydrogen-bond acceptors (Lipinski definition) is 10. The number of thiophene rings is 1. The molecule has 2 aromatic carbocycles. The first-order valence-electron chi connectivity index (χ1n) is 15.2. The van der Waals surface area contributed by atoms with Crippen molar-refractivity contribution >= 4 is 46.5 Å². The van der Waals surface area contributed by atoms with Crippen LogP contribution in [0, 0.1) is 5.92 Å². The number of hydrogen-bond donors (Lipinski definition) is 1. The minimum Gasteiger partial charge on any atom is -0.493 e. The molecule has 47 heavy (non-hydrogen) atoms. The summed E-state index contributed by atoms with van der Waals surface area (Å²) < 4.78 is 22.7. The Morgan fingerprint density at radius 1 is 1.00 bits per heavy atom. The molecule has 0 bridgehead atoms. The van der Waals surface area contributed by atoms with Crippen molar-refractivity contribution in [2.45, 2.75) is 31.5 Å². The molecule has 0 amide bonds. The maximum absolute atomic E-state index is 13.5. The molecule has 5 rings (SSSR count). The minimum absolute atomic E-state index is 0.208. The van der Waals surface area contributed by atoms with E-state index in [1.807, 2.05) is 36.4 Å². The van der Waals surface area contributed by atoms with Gasteiger partial charge in [0.15, 0.2) is 11.5 Å². The van der Waals surface area contributed by atoms with Crippen molar-refractivity contribution in [3.63, 3.8) is 0 Å². The minimum atomic E-state index is -0.750. The van der Waals surface area contributed by atoms with E-state index in [1.54, 1.807) is 31.4 Å². The van der Waals surface area contributed by atoms with Crippen molar-refractivity contribution in [3.05, 3.63) is 110 Å². The highest BCUT2D eigenvalue weighted by Gasteiger charge is 2.27. The smallest absolute Gasteiger partial charge is 0.348 e. The van der Waals surface area contributed by atoms with Gasteiger partial charge in [-0.25, -0.2) is 9.59 Å². The number of ether oxygens (including phenoxy) is 4. The molecule has 1 aliphatic heterocycles. The zero-order valence-electron chi connectivity index (χ0n) is 26.4. The Morgan fingerprint density at radius 3 is 2.43 bits per heavy atom. The number of rotatable bonds is 14. The molecule has 1 N–H and O–H groups in total. The first-order chi connectivity index (χ1) is 22.7. The van der Waals surface area contributed by atoms with Gasteiger partial charge in [-0.2, -0.15) is 0 Å². The van der Waals surface area contributed by atoms with Gasteiger partial charge in [-0.3, -0.25) is 10.3 Å². The molecule has 1 fully saturated rings. The maximum Gasteiger partial charge on any atom is 0.348 e. The Balaban J connectivity index is 1.29. The van der Waals surface area contributed by atoms with Crippen molar-refractivity contribution in [2.75, 3.05) is 41.0 Å². The largest absolute Gasteiger partial charge is 0.493 e. The predicted molar refractivity (Wildman–Crippen MR) is 183 cm³/mol. The topological polar surface area (TPSA) is 99.2 Å². The first-order valence-corrected chi connectivity index (χ1v) is 16.8. The number of aromatic nitrogens is 1. The quantitative estimate of drug-likeness (QED) is 0.141. The maximum atomic E-state index is 13.5. The van der Waals surface area contributed by atoms with E-state index in [4.69, 9.17) is 42.1 Å². The Morgan fingerprint density at radius 2 is 1.74 bits per heavy atom. The van der Waals surface area contributed by atoms with E-state index >= 15 is 0 Å². The third-order valence-corrected chi connectivity index (χ3v) is 9.75. The Labute approximate surface area is 288 Å². The van der Waals surface area contributed by atoms with Gasteiger partial charge in [0.05, 0.1) is 30.9 Å². The number of benzene rings is 2. The summed E-state index contributed by atoms with van der Waals surface area (Å²) in [7, 11) is 5.16. The number of nitrogens with zero attached hydrogens (tertiary/aromatic N) is 2. The Bertz CT molecular complexity index is 1650. The van der Waals surface area contributed by atoms with E-state index in [0.29, 0.717) is 56.6 Å². The molecule has 12 heteroatoms. The number of carbonyl (C=O) groups is 2. The Hall–Kier alpha value is -3.67. The normalized spacial score (nSPS) is 16.0. The number of carbonyl (C=O) groups excluding carboxylic acids is 2. The van der Waals surface area contributed by atoms with Crippen molar-refractivity contribution in [3.8, 4) is 11.5 Å². The van der Waals surface area contributed by atoms with E-state index < -0.39 is 18.1 Å². The summed E-state index contributed by atoms with van der Waals surface area (Å²) in [5.41, 5.74) is 2.08. The average molecular weight is 699 g/mol. The van der Waals surface area contributed by atoms with E-state index in [1.165, 1.54) is 30.8 Å². The summed E-state index contributed by atoms with van der Waals surface area (Å²) in [6, 6.07) is 17.7. The van der Waals surface area contributed by atoms with E-state index in [0.717, 1.165) is 30.0 Å². The standard InChI is InChI=1S/C35H37Cl2N3O6S/c1-40-14-13-22(20-40)21-45-35(42)33(23-7-5-4-6-8-23)39-17-25-10-12-32(47-25)34(41)46-30(16-26-27(36)18-38-19-28(26)37)24-9-11-29(43-2)31(15-24)44-3/h4-12,15,18-19,22,30,33,39H,13-14,16-17,20-21H2,1-3H3/t22-,30+,33?/m1/s1. The van der Waals surface area contributed by atoms with Gasteiger partial charge in [0.2, 0.25) is 0 Å². The number of halogens is 2. The molecule has 1 unspecified atom stereocenters. The molecule has 0 radical (unpaired) electrons. The van der Waals surface area contributed by atoms with Crippen molar-refractivity contribution < 1.29 is 28.5 Å². The number of pyridine rings is 1. The van der Waals surface area contributed by atoms with Crippen LogP contribution >= 0.6 is 34.5 Å². The monoisotopic (exact) mass is 697 g/mol. The molecule has 2 aromatic heterocycles. The third-order valence-electron chi connectivity index (χ3n) is 8.03. The second-order valence-corrected chi connectivity index (χ2v) is 13.3. The fourth-order valence-corrected chi connectivity index (χ4v) is 6.86. The van der Waals surface area contributed by atoms with Crippen LogP contribution in [0.15, 0.2) is 73.1 Å². The lowest BCUT2D eigenvalue weighted by Gasteiger charge is -2.21. The third kappa shape index (κ3) is 9.03. The molecule has 4 aromatic rings. The molecular weight excluding hydrogens is 661 g/mol. The second kappa shape index (κ2) is 16.4. The van der Waals surface area contributed by atoms with Crippen LogP contribution in [0.5, 0.6) is 11.5 Å². The van der Waals surface area contributed by atoms with Crippen LogP contribution in [0.2, 0.25) is 10.0 Å². The lowest BCUT2D eigenvalue weighted by atomic mass is 10.0. The lowest BCUT2D eigenvalue weighted by molar-refractivity contribution is -0.147. The van der Waals surface area contributed by atoms with Gasteiger partial charge in [0.25, 0.3) is 0 Å². The van der Waals surface area contributed by atoms with Crippen molar-refractivity contribution in [2.24, 2.45) is 5.92 Å². The van der Waals surface area contributed by atoms with E-state index in [2.05, 4.69) is 22.2 Å². The number of esters is 2. The predicted octanol–water partition coefficient (Wildman–Crippen LogP) is 6.93. The van der Waals surface area contributed by atoms with Crippen LogP contribution in [0.4, 0.5) is 0 Å². The van der Waals surface area contributed by atoms with Gasteiger partial charge in [-0.15, -0.1) is 11.3 Å². The van der Waals surface area contributed by atoms with Gasteiger partial charge >= 0.3 is 11.9 Å². The zero-order chi connectivity index (χ0) is 33.3. The highest BCUT2D eigenvalue weighted by Crippen LogP contribution is 2.36. The molecule has 9 nitrogen and oxygen atoms in total. The first kappa shape index (κ1) is 34.7. The number of methoxy groups -OCH3 is 2. The molecule has 1 aliphatic rings. The summed E-state index contributed by atoms with van der Waals surface area (Å²) in [6.07, 6.45) is 3.47. The van der Waals surface area contributed by atoms with Crippen LogP contribution in [-0.2, 0) is 27.2 Å². The van der Waals surface area contributed by atoms with Crippen LogP contribution in [0.1, 0.15) is 49.8 Å². The summed E-state index contributed by atoms with van der Waals surface area (Å²) in [5.74, 6) is 0.528. The molecule has 3 heterocycles.